The van der Waals surface area contributed by atoms with Crippen LogP contribution in [0.5, 0.6) is 11.5 Å². The molecular formula is C22H22N2O4. The zero-order chi connectivity index (χ0) is 19.3. The van der Waals surface area contributed by atoms with Gasteiger partial charge in [-0.05, 0) is 54.7 Å². The minimum atomic E-state index is 0.0373. The molecule has 0 N–H and O–H groups in total. The SMILES string of the molecule is N#Cc1ccc(COCC2CCN(C(=O)c3ccc4c(c3)OCO4)CC2)cc1. The van der Waals surface area contributed by atoms with Crippen LogP contribution >= 0.6 is 0 Å². The van der Waals surface area contributed by atoms with Crippen LogP contribution < -0.4 is 9.47 Å². The van der Waals surface area contributed by atoms with Crippen molar-refractivity contribution >= 4 is 5.91 Å². The molecule has 6 nitrogen and oxygen atoms in total. The highest BCUT2D eigenvalue weighted by atomic mass is 16.7. The van der Waals surface area contributed by atoms with Crippen molar-refractivity contribution in [2.45, 2.75) is 19.4 Å². The first-order valence-corrected chi connectivity index (χ1v) is 9.48. The summed E-state index contributed by atoms with van der Waals surface area (Å²) in [7, 11) is 0. The summed E-state index contributed by atoms with van der Waals surface area (Å²) in [4.78, 5) is 14.6. The van der Waals surface area contributed by atoms with Crippen LogP contribution in [0.1, 0.15) is 34.3 Å². The van der Waals surface area contributed by atoms with E-state index in [1.54, 1.807) is 30.3 Å². The summed E-state index contributed by atoms with van der Waals surface area (Å²) in [5.41, 5.74) is 2.36. The summed E-state index contributed by atoms with van der Waals surface area (Å²) < 4.78 is 16.5. The third-order valence-electron chi connectivity index (χ3n) is 5.23. The van der Waals surface area contributed by atoms with Crippen LogP contribution in [0.3, 0.4) is 0 Å². The van der Waals surface area contributed by atoms with Gasteiger partial charge in [-0.3, -0.25) is 4.79 Å². The molecule has 1 amide bonds. The Morgan fingerprint density at radius 1 is 1.11 bits per heavy atom. The zero-order valence-corrected chi connectivity index (χ0v) is 15.6. The van der Waals surface area contributed by atoms with Gasteiger partial charge >= 0.3 is 0 Å². The molecule has 2 heterocycles. The average molecular weight is 378 g/mol. The normalized spacial score (nSPS) is 16.0. The third-order valence-corrected chi connectivity index (χ3v) is 5.23. The minimum Gasteiger partial charge on any atom is -0.454 e. The van der Waals surface area contributed by atoms with Crippen molar-refractivity contribution in [2.75, 3.05) is 26.5 Å². The van der Waals surface area contributed by atoms with Gasteiger partial charge in [0.1, 0.15) is 0 Å². The summed E-state index contributed by atoms with van der Waals surface area (Å²) >= 11 is 0. The van der Waals surface area contributed by atoms with Crippen LogP contribution in [-0.2, 0) is 11.3 Å². The molecule has 2 aliphatic heterocycles. The summed E-state index contributed by atoms with van der Waals surface area (Å²) in [5.74, 6) is 1.82. The van der Waals surface area contributed by atoms with Crippen LogP contribution in [0.15, 0.2) is 42.5 Å². The first kappa shape index (κ1) is 18.3. The number of fused-ring (bicyclic) bond motifs is 1. The second-order valence-corrected chi connectivity index (χ2v) is 7.13. The zero-order valence-electron chi connectivity index (χ0n) is 15.6. The number of carbonyl (C=O) groups is 1. The Hall–Kier alpha value is -3.04. The molecule has 2 aromatic carbocycles. The summed E-state index contributed by atoms with van der Waals surface area (Å²) in [5, 5.41) is 8.83. The van der Waals surface area contributed by atoms with Gasteiger partial charge in [-0.2, -0.15) is 5.26 Å². The predicted octanol–water partition coefficient (Wildman–Crippen LogP) is 3.36. The van der Waals surface area contributed by atoms with Crippen LogP contribution in [0, 0.1) is 17.2 Å². The van der Waals surface area contributed by atoms with Crippen molar-refractivity contribution in [3.05, 3.63) is 59.2 Å². The first-order chi connectivity index (χ1) is 13.7. The average Bonchev–Trinajstić information content (AvgIpc) is 3.22. The Morgan fingerprint density at radius 2 is 1.86 bits per heavy atom. The van der Waals surface area contributed by atoms with E-state index in [0.29, 0.717) is 41.8 Å². The van der Waals surface area contributed by atoms with E-state index in [9.17, 15) is 4.79 Å². The molecule has 0 spiro atoms. The summed E-state index contributed by atoms with van der Waals surface area (Å²) in [6.45, 7) is 2.91. The monoisotopic (exact) mass is 378 g/mol. The molecule has 1 saturated heterocycles. The summed E-state index contributed by atoms with van der Waals surface area (Å²) in [6.07, 6.45) is 1.87. The third kappa shape index (κ3) is 4.10. The van der Waals surface area contributed by atoms with Crippen molar-refractivity contribution in [2.24, 2.45) is 5.92 Å². The Kier molecular flexibility index (Phi) is 5.45. The summed E-state index contributed by atoms with van der Waals surface area (Å²) in [6, 6.07) is 14.9. The molecule has 6 heteroatoms. The lowest BCUT2D eigenvalue weighted by atomic mass is 9.97. The second-order valence-electron chi connectivity index (χ2n) is 7.13. The maximum absolute atomic E-state index is 12.7. The van der Waals surface area contributed by atoms with Gasteiger partial charge < -0.3 is 19.1 Å². The fourth-order valence-corrected chi connectivity index (χ4v) is 3.53. The van der Waals surface area contributed by atoms with Gasteiger partial charge in [0.05, 0.1) is 18.2 Å². The number of nitriles is 1. The highest BCUT2D eigenvalue weighted by molar-refractivity contribution is 5.95. The van der Waals surface area contributed by atoms with E-state index in [2.05, 4.69) is 6.07 Å². The van der Waals surface area contributed by atoms with Gasteiger partial charge in [-0.1, -0.05) is 12.1 Å². The number of amides is 1. The number of carbonyl (C=O) groups excluding carboxylic acids is 1. The van der Waals surface area contributed by atoms with Crippen molar-refractivity contribution in [3.8, 4) is 17.6 Å². The van der Waals surface area contributed by atoms with E-state index in [1.807, 2.05) is 17.0 Å². The molecule has 2 aliphatic rings. The Labute approximate surface area is 164 Å². The smallest absolute Gasteiger partial charge is 0.253 e. The molecule has 144 valence electrons. The maximum atomic E-state index is 12.7. The molecule has 0 radical (unpaired) electrons. The van der Waals surface area contributed by atoms with Gasteiger partial charge in [0.25, 0.3) is 5.91 Å². The topological polar surface area (TPSA) is 71.8 Å². The van der Waals surface area contributed by atoms with Crippen molar-refractivity contribution in [1.82, 2.24) is 4.90 Å². The lowest BCUT2D eigenvalue weighted by Crippen LogP contribution is -2.39. The van der Waals surface area contributed by atoms with Gasteiger partial charge in [0.15, 0.2) is 11.5 Å². The molecular weight excluding hydrogens is 356 g/mol. The second kappa shape index (κ2) is 8.32. The first-order valence-electron chi connectivity index (χ1n) is 9.48. The van der Waals surface area contributed by atoms with E-state index in [0.717, 1.165) is 31.5 Å². The van der Waals surface area contributed by atoms with E-state index in [4.69, 9.17) is 19.5 Å². The molecule has 0 aromatic heterocycles. The number of ether oxygens (including phenoxy) is 3. The van der Waals surface area contributed by atoms with Crippen molar-refractivity contribution < 1.29 is 19.0 Å². The van der Waals surface area contributed by atoms with E-state index < -0.39 is 0 Å². The van der Waals surface area contributed by atoms with Gasteiger partial charge in [0, 0.05) is 25.3 Å². The number of benzene rings is 2. The number of hydrogen-bond acceptors (Lipinski definition) is 5. The number of rotatable bonds is 5. The lowest BCUT2D eigenvalue weighted by Gasteiger charge is -2.32. The predicted molar refractivity (Wildman–Crippen MR) is 102 cm³/mol. The van der Waals surface area contributed by atoms with Gasteiger partial charge in [-0.15, -0.1) is 0 Å². The maximum Gasteiger partial charge on any atom is 0.253 e. The molecule has 28 heavy (non-hydrogen) atoms. The molecule has 0 aliphatic carbocycles. The van der Waals surface area contributed by atoms with E-state index in [-0.39, 0.29) is 12.7 Å². The van der Waals surface area contributed by atoms with Crippen molar-refractivity contribution in [3.63, 3.8) is 0 Å². The quantitative estimate of drug-likeness (QED) is 0.798. The molecule has 0 bridgehead atoms. The lowest BCUT2D eigenvalue weighted by molar-refractivity contribution is 0.0478. The fourth-order valence-electron chi connectivity index (χ4n) is 3.53. The molecule has 1 fully saturated rings. The van der Waals surface area contributed by atoms with Crippen molar-refractivity contribution in [1.29, 1.82) is 5.26 Å². The number of nitrogens with zero attached hydrogens (tertiary/aromatic N) is 2. The van der Waals surface area contributed by atoms with Crippen LogP contribution in [0.2, 0.25) is 0 Å². The number of hydrogen-bond donors (Lipinski definition) is 0. The van der Waals surface area contributed by atoms with E-state index >= 15 is 0 Å². The molecule has 4 rings (SSSR count). The molecule has 0 unspecified atom stereocenters. The van der Waals surface area contributed by atoms with Gasteiger partial charge in [0.2, 0.25) is 6.79 Å². The number of likely N-dealkylation sites (tertiary alicyclic amines) is 1. The Bertz CT molecular complexity index is 880. The number of piperidine rings is 1. The molecule has 0 saturated carbocycles. The largest absolute Gasteiger partial charge is 0.454 e. The highest BCUT2D eigenvalue weighted by Crippen LogP contribution is 2.33. The standard InChI is InChI=1S/C22H22N2O4/c23-12-16-1-3-17(4-2-16)13-26-14-18-7-9-24(10-8-18)22(25)19-5-6-20-21(11-19)28-15-27-20/h1-6,11,18H,7-10,13-15H2. The molecule has 0 atom stereocenters. The fraction of sp³-hybridized carbons (Fsp3) is 0.364. The van der Waals surface area contributed by atoms with Crippen LogP contribution in [0.4, 0.5) is 0 Å². The van der Waals surface area contributed by atoms with Gasteiger partial charge in [-0.25, -0.2) is 0 Å². The van der Waals surface area contributed by atoms with E-state index in [1.165, 1.54) is 0 Å². The minimum absolute atomic E-state index is 0.0373. The molecule has 2 aromatic rings. The Balaban J connectivity index is 1.23. The Morgan fingerprint density at radius 3 is 2.61 bits per heavy atom. The highest BCUT2D eigenvalue weighted by Gasteiger charge is 2.25. The van der Waals surface area contributed by atoms with Crippen LogP contribution in [0.25, 0.3) is 0 Å². The van der Waals surface area contributed by atoms with Crippen LogP contribution in [-0.4, -0.2) is 37.3 Å².